The van der Waals surface area contributed by atoms with Gasteiger partial charge in [-0.2, -0.15) is 13.2 Å². The van der Waals surface area contributed by atoms with Gasteiger partial charge < -0.3 is 4.74 Å². The lowest BCUT2D eigenvalue weighted by atomic mass is 10.2. The van der Waals surface area contributed by atoms with E-state index in [0.717, 1.165) is 46.5 Å². The number of benzene rings is 2. The summed E-state index contributed by atoms with van der Waals surface area (Å²) in [6.07, 6.45) is -3.39. The number of imidazole rings is 1. The van der Waals surface area contributed by atoms with E-state index in [4.69, 9.17) is 4.74 Å². The van der Waals surface area contributed by atoms with Crippen LogP contribution in [-0.2, 0) is 11.9 Å². The molecule has 0 saturated carbocycles. The molecular weight excluding hydrogens is 401 g/mol. The van der Waals surface area contributed by atoms with Crippen LogP contribution in [-0.4, -0.2) is 26.6 Å². The summed E-state index contributed by atoms with van der Waals surface area (Å²) >= 11 is 1.11. The van der Waals surface area contributed by atoms with Crippen LogP contribution in [0.3, 0.4) is 0 Å². The van der Waals surface area contributed by atoms with Gasteiger partial charge in [0, 0.05) is 11.9 Å². The van der Waals surface area contributed by atoms with Crippen LogP contribution in [0, 0.1) is 0 Å². The molecule has 0 atom stereocenters. The Balaban J connectivity index is 1.69. The van der Waals surface area contributed by atoms with Crippen LogP contribution >= 0.6 is 11.8 Å². The van der Waals surface area contributed by atoms with Crippen molar-refractivity contribution in [3.05, 3.63) is 72.3 Å². The molecule has 0 spiro atoms. The maximum absolute atomic E-state index is 12.9. The third-order valence-corrected chi connectivity index (χ3v) is 5.07. The number of methoxy groups -OCH3 is 1. The standard InChI is InChI=1S/C20H15F3N4OS/c1-28-14-8-6-13(7-9-14)27-16-5-3-2-4-15(16)25-18(27)12-29-19-24-11-10-17(26-19)20(21,22)23/h2-11H,12H2,1H3. The molecule has 0 saturated heterocycles. The van der Waals surface area contributed by atoms with Gasteiger partial charge in [-0.3, -0.25) is 4.57 Å². The average Bonchev–Trinajstić information content (AvgIpc) is 3.10. The zero-order valence-corrected chi connectivity index (χ0v) is 16.0. The van der Waals surface area contributed by atoms with Crippen molar-refractivity contribution in [1.82, 2.24) is 19.5 Å². The normalized spacial score (nSPS) is 11.7. The van der Waals surface area contributed by atoms with Gasteiger partial charge in [0.25, 0.3) is 0 Å². The first-order chi connectivity index (χ1) is 14.0. The highest BCUT2D eigenvalue weighted by atomic mass is 32.2. The van der Waals surface area contributed by atoms with Gasteiger partial charge in [0.15, 0.2) is 5.16 Å². The summed E-state index contributed by atoms with van der Waals surface area (Å²) in [5.74, 6) is 1.72. The lowest BCUT2D eigenvalue weighted by molar-refractivity contribution is -0.141. The summed E-state index contributed by atoms with van der Waals surface area (Å²) in [7, 11) is 1.60. The fraction of sp³-hybridized carbons (Fsp3) is 0.150. The van der Waals surface area contributed by atoms with Crippen LogP contribution in [0.1, 0.15) is 11.5 Å². The Morgan fingerprint density at radius 3 is 2.48 bits per heavy atom. The van der Waals surface area contributed by atoms with Crippen molar-refractivity contribution in [3.8, 4) is 11.4 Å². The molecule has 148 valence electrons. The van der Waals surface area contributed by atoms with E-state index >= 15 is 0 Å². The number of hydrogen-bond donors (Lipinski definition) is 0. The topological polar surface area (TPSA) is 52.8 Å². The molecule has 0 aliphatic rings. The second kappa shape index (κ2) is 7.75. The first-order valence-electron chi connectivity index (χ1n) is 8.59. The molecule has 2 aromatic heterocycles. The SMILES string of the molecule is COc1ccc(-n2c(CSc3nccc(C(F)(F)F)n3)nc3ccccc32)cc1. The van der Waals surface area contributed by atoms with Crippen LogP contribution in [0.2, 0.25) is 0 Å². The van der Waals surface area contributed by atoms with Crippen molar-refractivity contribution in [2.45, 2.75) is 17.1 Å². The van der Waals surface area contributed by atoms with E-state index in [9.17, 15) is 13.2 Å². The van der Waals surface area contributed by atoms with Crippen LogP contribution in [0.4, 0.5) is 13.2 Å². The number of halogens is 3. The van der Waals surface area contributed by atoms with E-state index in [1.54, 1.807) is 7.11 Å². The molecule has 0 fully saturated rings. The predicted molar refractivity (Wildman–Crippen MR) is 104 cm³/mol. The minimum atomic E-state index is -4.51. The zero-order chi connectivity index (χ0) is 20.4. The monoisotopic (exact) mass is 416 g/mol. The number of ether oxygens (including phenoxy) is 1. The molecule has 0 amide bonds. The van der Waals surface area contributed by atoms with Gasteiger partial charge in [0.05, 0.1) is 23.9 Å². The molecular formula is C20H15F3N4OS. The minimum absolute atomic E-state index is 0.0492. The van der Waals surface area contributed by atoms with Gasteiger partial charge in [-0.1, -0.05) is 23.9 Å². The minimum Gasteiger partial charge on any atom is -0.497 e. The highest BCUT2D eigenvalue weighted by Gasteiger charge is 2.32. The van der Waals surface area contributed by atoms with Gasteiger partial charge in [0.2, 0.25) is 0 Å². The molecule has 9 heteroatoms. The van der Waals surface area contributed by atoms with Crippen molar-refractivity contribution in [2.24, 2.45) is 0 Å². The summed E-state index contributed by atoms with van der Waals surface area (Å²) in [6.45, 7) is 0. The fourth-order valence-electron chi connectivity index (χ4n) is 2.89. The van der Waals surface area contributed by atoms with Crippen LogP contribution < -0.4 is 4.74 Å². The smallest absolute Gasteiger partial charge is 0.433 e. The first kappa shape index (κ1) is 19.3. The highest BCUT2D eigenvalue weighted by Crippen LogP contribution is 2.30. The Morgan fingerprint density at radius 2 is 1.76 bits per heavy atom. The zero-order valence-electron chi connectivity index (χ0n) is 15.2. The van der Waals surface area contributed by atoms with Gasteiger partial charge >= 0.3 is 6.18 Å². The van der Waals surface area contributed by atoms with E-state index in [0.29, 0.717) is 11.6 Å². The molecule has 29 heavy (non-hydrogen) atoms. The molecule has 0 radical (unpaired) electrons. The summed E-state index contributed by atoms with van der Waals surface area (Å²) in [5, 5.41) is 0.0492. The van der Waals surface area contributed by atoms with Crippen molar-refractivity contribution in [2.75, 3.05) is 7.11 Å². The van der Waals surface area contributed by atoms with Crippen molar-refractivity contribution in [1.29, 1.82) is 0 Å². The molecule has 0 unspecified atom stereocenters. The third kappa shape index (κ3) is 4.04. The van der Waals surface area contributed by atoms with Crippen molar-refractivity contribution in [3.63, 3.8) is 0 Å². The van der Waals surface area contributed by atoms with E-state index in [1.807, 2.05) is 53.1 Å². The molecule has 2 aromatic carbocycles. The number of fused-ring (bicyclic) bond motifs is 1. The van der Waals surface area contributed by atoms with Gasteiger partial charge in [-0.05, 0) is 42.5 Å². The Kier molecular flexibility index (Phi) is 5.14. The van der Waals surface area contributed by atoms with E-state index in [1.165, 1.54) is 0 Å². The second-order valence-electron chi connectivity index (χ2n) is 6.06. The molecule has 0 bridgehead atoms. The summed E-state index contributed by atoms with van der Waals surface area (Å²) in [6, 6.07) is 16.0. The highest BCUT2D eigenvalue weighted by molar-refractivity contribution is 7.98. The first-order valence-corrected chi connectivity index (χ1v) is 9.58. The van der Waals surface area contributed by atoms with Crippen LogP contribution in [0.25, 0.3) is 16.7 Å². The van der Waals surface area contributed by atoms with Crippen LogP contribution in [0.5, 0.6) is 5.75 Å². The third-order valence-electron chi connectivity index (χ3n) is 4.22. The molecule has 0 aliphatic carbocycles. The quantitative estimate of drug-likeness (QED) is 0.333. The fourth-order valence-corrected chi connectivity index (χ4v) is 3.64. The number of alkyl halides is 3. The molecule has 0 N–H and O–H groups in total. The Morgan fingerprint density at radius 1 is 1.00 bits per heavy atom. The number of para-hydroxylation sites is 2. The van der Waals surface area contributed by atoms with Crippen molar-refractivity contribution < 1.29 is 17.9 Å². The van der Waals surface area contributed by atoms with Gasteiger partial charge in [0.1, 0.15) is 17.3 Å². The van der Waals surface area contributed by atoms with Crippen molar-refractivity contribution >= 4 is 22.8 Å². The molecule has 4 rings (SSSR count). The lowest BCUT2D eigenvalue weighted by Gasteiger charge is -2.10. The predicted octanol–water partition coefficient (Wildman–Crippen LogP) is 5.14. The van der Waals surface area contributed by atoms with Gasteiger partial charge in [-0.25, -0.2) is 15.0 Å². The van der Waals surface area contributed by atoms with Gasteiger partial charge in [-0.15, -0.1) is 0 Å². The van der Waals surface area contributed by atoms with Crippen LogP contribution in [0.15, 0.2) is 66.0 Å². The number of hydrogen-bond acceptors (Lipinski definition) is 5. The Hall–Kier alpha value is -3.07. The Labute approximate surface area is 168 Å². The largest absolute Gasteiger partial charge is 0.497 e. The summed E-state index contributed by atoms with van der Waals surface area (Å²) in [4.78, 5) is 12.2. The van der Waals surface area contributed by atoms with E-state index < -0.39 is 11.9 Å². The van der Waals surface area contributed by atoms with E-state index in [-0.39, 0.29) is 5.16 Å². The number of nitrogens with zero attached hydrogens (tertiary/aromatic N) is 4. The Bertz CT molecular complexity index is 1140. The second-order valence-corrected chi connectivity index (χ2v) is 7.00. The lowest BCUT2D eigenvalue weighted by Crippen LogP contribution is -2.09. The molecule has 5 nitrogen and oxygen atoms in total. The number of rotatable bonds is 5. The molecule has 0 aliphatic heterocycles. The summed E-state index contributed by atoms with van der Waals surface area (Å²) in [5.41, 5.74) is 1.61. The number of aromatic nitrogens is 4. The summed E-state index contributed by atoms with van der Waals surface area (Å²) < 4.78 is 45.9. The maximum atomic E-state index is 12.9. The number of thioether (sulfide) groups is 1. The molecule has 2 heterocycles. The van der Waals surface area contributed by atoms with E-state index in [2.05, 4.69) is 15.0 Å². The maximum Gasteiger partial charge on any atom is 0.433 e. The molecule has 4 aromatic rings. The average molecular weight is 416 g/mol.